The smallest absolute Gasteiger partial charge is 0.0880 e. The van der Waals surface area contributed by atoms with E-state index in [0.29, 0.717) is 6.42 Å². The lowest BCUT2D eigenvalue weighted by molar-refractivity contribution is 0.210. The summed E-state index contributed by atoms with van der Waals surface area (Å²) in [5, 5.41) is 13.5. The molecule has 0 aliphatic heterocycles. The molecule has 0 saturated heterocycles. The van der Waals surface area contributed by atoms with Crippen molar-refractivity contribution in [1.82, 2.24) is 0 Å². The first-order chi connectivity index (χ1) is 7.72. The molecule has 0 bridgehead atoms. The van der Waals surface area contributed by atoms with Crippen molar-refractivity contribution in [3.63, 3.8) is 0 Å². The third-order valence-electron chi connectivity index (χ3n) is 2.85. The lowest BCUT2D eigenvalue weighted by atomic mass is 10.0. The van der Waals surface area contributed by atoms with Crippen molar-refractivity contribution < 1.29 is 5.11 Å². The molecule has 0 aromatic heterocycles. The van der Waals surface area contributed by atoms with Crippen molar-refractivity contribution in [2.75, 3.05) is 0 Å². The van der Waals surface area contributed by atoms with Crippen molar-refractivity contribution in [1.29, 1.82) is 0 Å². The molecule has 1 aromatic carbocycles. The fourth-order valence-corrected chi connectivity index (χ4v) is 1.92. The van der Waals surface area contributed by atoms with Crippen LogP contribution < -0.4 is 0 Å². The maximum atomic E-state index is 9.97. The molecular formula is C12H13N3O. The highest BCUT2D eigenvalue weighted by Gasteiger charge is 2.27. The number of hydrogen-bond donors (Lipinski definition) is 1. The Morgan fingerprint density at radius 3 is 2.69 bits per heavy atom. The van der Waals surface area contributed by atoms with Gasteiger partial charge in [0.05, 0.1) is 12.1 Å². The van der Waals surface area contributed by atoms with E-state index in [2.05, 4.69) is 10.0 Å². The van der Waals surface area contributed by atoms with E-state index >= 15 is 0 Å². The van der Waals surface area contributed by atoms with Crippen LogP contribution >= 0.6 is 0 Å². The number of rotatable bonds is 2. The summed E-state index contributed by atoms with van der Waals surface area (Å²) in [5.41, 5.74) is 11.4. The highest BCUT2D eigenvalue weighted by Crippen LogP contribution is 2.30. The van der Waals surface area contributed by atoms with Crippen LogP contribution in [0.15, 0.2) is 35.5 Å². The molecule has 1 aliphatic carbocycles. The molecule has 16 heavy (non-hydrogen) atoms. The van der Waals surface area contributed by atoms with Gasteiger partial charge in [-0.15, -0.1) is 0 Å². The predicted octanol–water partition coefficient (Wildman–Crippen LogP) is 2.82. The molecule has 0 saturated carbocycles. The minimum atomic E-state index is -0.682. The molecular weight excluding hydrogens is 202 g/mol. The Labute approximate surface area is 93.9 Å². The zero-order valence-electron chi connectivity index (χ0n) is 9.04. The van der Waals surface area contributed by atoms with E-state index in [1.807, 2.05) is 37.3 Å². The van der Waals surface area contributed by atoms with Crippen LogP contribution in [0.2, 0.25) is 0 Å². The second-order valence-electron chi connectivity index (χ2n) is 3.98. The molecule has 0 heterocycles. The Kier molecular flexibility index (Phi) is 2.95. The fourth-order valence-electron chi connectivity index (χ4n) is 1.92. The maximum Gasteiger partial charge on any atom is 0.0880 e. The van der Waals surface area contributed by atoms with E-state index in [4.69, 9.17) is 5.53 Å². The van der Waals surface area contributed by atoms with Gasteiger partial charge in [0.1, 0.15) is 0 Å². The Bertz CT molecular complexity index is 458. The van der Waals surface area contributed by atoms with Crippen molar-refractivity contribution in [3.8, 4) is 0 Å². The number of aliphatic hydroxyl groups is 1. The number of nitrogens with zero attached hydrogens (tertiary/aromatic N) is 3. The van der Waals surface area contributed by atoms with Crippen LogP contribution in [0.4, 0.5) is 0 Å². The summed E-state index contributed by atoms with van der Waals surface area (Å²) in [7, 11) is 0. The zero-order valence-corrected chi connectivity index (χ0v) is 9.04. The van der Waals surface area contributed by atoms with Gasteiger partial charge in [0.25, 0.3) is 0 Å². The molecule has 0 amide bonds. The van der Waals surface area contributed by atoms with Crippen molar-refractivity contribution in [3.05, 3.63) is 51.9 Å². The molecule has 1 N–H and O–H groups in total. The van der Waals surface area contributed by atoms with Crippen LogP contribution in [0.5, 0.6) is 0 Å². The molecule has 4 heteroatoms. The Balaban J connectivity index is 2.24. The van der Waals surface area contributed by atoms with E-state index < -0.39 is 6.10 Å². The molecule has 82 valence electrons. The molecule has 0 fully saturated rings. The lowest BCUT2D eigenvalue weighted by Crippen LogP contribution is -2.19. The summed E-state index contributed by atoms with van der Waals surface area (Å²) in [6.07, 6.45) is 1.86. The van der Waals surface area contributed by atoms with Gasteiger partial charge >= 0.3 is 0 Å². The van der Waals surface area contributed by atoms with Crippen LogP contribution in [0.1, 0.15) is 17.5 Å². The van der Waals surface area contributed by atoms with Gasteiger partial charge in [-0.1, -0.05) is 41.0 Å². The van der Waals surface area contributed by atoms with Gasteiger partial charge < -0.3 is 5.11 Å². The van der Waals surface area contributed by atoms with Crippen LogP contribution in [0.3, 0.4) is 0 Å². The highest BCUT2D eigenvalue weighted by atomic mass is 16.3. The topological polar surface area (TPSA) is 69.0 Å². The summed E-state index contributed by atoms with van der Waals surface area (Å²) in [6, 6.07) is 7.60. The third-order valence-corrected chi connectivity index (χ3v) is 2.85. The fraction of sp³-hybridized carbons (Fsp3) is 0.333. The molecule has 1 aliphatic rings. The van der Waals surface area contributed by atoms with Crippen LogP contribution in [-0.2, 0) is 0 Å². The molecule has 0 unspecified atom stereocenters. The third kappa shape index (κ3) is 1.94. The summed E-state index contributed by atoms with van der Waals surface area (Å²) < 4.78 is 0. The Morgan fingerprint density at radius 2 is 2.06 bits per heavy atom. The average molecular weight is 215 g/mol. The van der Waals surface area contributed by atoms with Gasteiger partial charge in [0, 0.05) is 4.91 Å². The van der Waals surface area contributed by atoms with Crippen LogP contribution in [-0.4, -0.2) is 17.3 Å². The van der Waals surface area contributed by atoms with E-state index in [1.165, 1.54) is 5.56 Å². The van der Waals surface area contributed by atoms with Crippen molar-refractivity contribution in [2.45, 2.75) is 25.5 Å². The summed E-state index contributed by atoms with van der Waals surface area (Å²) >= 11 is 0. The first kappa shape index (κ1) is 10.7. The molecule has 2 rings (SSSR count). The minimum Gasteiger partial charge on any atom is -0.388 e. The molecule has 0 radical (unpaired) electrons. The van der Waals surface area contributed by atoms with Gasteiger partial charge in [-0.3, -0.25) is 0 Å². The van der Waals surface area contributed by atoms with E-state index in [1.54, 1.807) is 0 Å². The van der Waals surface area contributed by atoms with E-state index in [0.717, 1.165) is 11.1 Å². The average Bonchev–Trinajstić information content (AvgIpc) is 2.63. The summed E-state index contributed by atoms with van der Waals surface area (Å²) in [6.45, 7) is 2.02. The molecule has 1 aromatic rings. The highest BCUT2D eigenvalue weighted by molar-refractivity contribution is 5.71. The number of aliphatic hydroxyl groups excluding tert-OH is 1. The lowest BCUT2D eigenvalue weighted by Gasteiger charge is -2.13. The van der Waals surface area contributed by atoms with Crippen molar-refractivity contribution >= 4 is 5.57 Å². The molecule has 0 spiro atoms. The minimum absolute atomic E-state index is 0.360. The Hall–Kier alpha value is -1.77. The van der Waals surface area contributed by atoms with Gasteiger partial charge in [-0.05, 0) is 30.0 Å². The molecule has 4 nitrogen and oxygen atoms in total. The van der Waals surface area contributed by atoms with Gasteiger partial charge in [-0.25, -0.2) is 0 Å². The largest absolute Gasteiger partial charge is 0.388 e. The molecule has 2 atom stereocenters. The van der Waals surface area contributed by atoms with E-state index in [9.17, 15) is 5.11 Å². The number of azide groups is 1. The number of hydrogen-bond acceptors (Lipinski definition) is 2. The monoisotopic (exact) mass is 215 g/mol. The Morgan fingerprint density at radius 1 is 1.38 bits per heavy atom. The van der Waals surface area contributed by atoms with Gasteiger partial charge in [0.15, 0.2) is 0 Å². The predicted molar refractivity (Wildman–Crippen MR) is 62.7 cm³/mol. The second-order valence-corrected chi connectivity index (χ2v) is 3.98. The van der Waals surface area contributed by atoms with Crippen molar-refractivity contribution in [2.24, 2.45) is 5.11 Å². The standard InChI is InChI=1S/C12H13N3O/c1-8-2-4-9(5-3-8)10-6-7-11(12(10)16)14-15-13/h2-6,11-12,16H,7H2,1H3/t11-,12-/m1/s1. The first-order valence-electron chi connectivity index (χ1n) is 5.21. The SMILES string of the molecule is Cc1ccc(C2=CC[C@@H](N=[N+]=[N-])[C@@H]2O)cc1. The summed E-state index contributed by atoms with van der Waals surface area (Å²) in [4.78, 5) is 2.74. The van der Waals surface area contributed by atoms with Crippen LogP contribution in [0.25, 0.3) is 16.0 Å². The zero-order chi connectivity index (χ0) is 11.5. The normalized spacial score (nSPS) is 23.8. The van der Waals surface area contributed by atoms with Gasteiger partial charge in [-0.2, -0.15) is 0 Å². The maximum absolute atomic E-state index is 9.97. The van der Waals surface area contributed by atoms with Crippen LogP contribution in [0, 0.1) is 6.92 Å². The number of aryl methyl sites for hydroxylation is 1. The number of benzene rings is 1. The van der Waals surface area contributed by atoms with E-state index in [-0.39, 0.29) is 6.04 Å². The first-order valence-corrected chi connectivity index (χ1v) is 5.21. The van der Waals surface area contributed by atoms with Gasteiger partial charge in [0.2, 0.25) is 0 Å². The summed E-state index contributed by atoms with van der Waals surface area (Å²) in [5.74, 6) is 0. The second kappa shape index (κ2) is 4.39. The quantitative estimate of drug-likeness (QED) is 0.460.